The molecule has 0 bridgehead atoms. The molecule has 3 aromatic rings. The zero-order valence-electron chi connectivity index (χ0n) is 14.5. The maximum absolute atomic E-state index is 13.8. The highest BCUT2D eigenvalue weighted by molar-refractivity contribution is 7.98. The molecule has 3 rings (SSSR count). The number of ether oxygens (including phenoxy) is 1. The molecule has 0 radical (unpaired) electrons. The van der Waals surface area contributed by atoms with Crippen LogP contribution in [0.2, 0.25) is 5.02 Å². The van der Waals surface area contributed by atoms with E-state index < -0.39 is 17.6 Å². The number of aromatic nitrogens is 3. The first-order chi connectivity index (χ1) is 13.3. The second-order valence-electron chi connectivity index (χ2n) is 5.76. The molecule has 1 heterocycles. The van der Waals surface area contributed by atoms with Crippen molar-refractivity contribution in [2.45, 2.75) is 23.7 Å². The van der Waals surface area contributed by atoms with Crippen molar-refractivity contribution in [2.24, 2.45) is 7.05 Å². The van der Waals surface area contributed by atoms with Gasteiger partial charge in [-0.25, -0.2) is 4.39 Å². The highest BCUT2D eigenvalue weighted by atomic mass is 35.5. The highest BCUT2D eigenvalue weighted by Gasteiger charge is 2.30. The third-order valence-corrected chi connectivity index (χ3v) is 5.26. The second-order valence-corrected chi connectivity index (χ2v) is 7.11. The Balaban J connectivity index is 1.65. The van der Waals surface area contributed by atoms with Crippen LogP contribution in [0.1, 0.15) is 17.0 Å². The molecule has 0 saturated heterocycles. The molecule has 0 unspecified atom stereocenters. The van der Waals surface area contributed by atoms with Gasteiger partial charge in [-0.15, -0.1) is 10.2 Å². The summed E-state index contributed by atoms with van der Waals surface area (Å²) >= 11 is 7.24. The van der Waals surface area contributed by atoms with Gasteiger partial charge in [-0.2, -0.15) is 13.2 Å². The first-order valence-electron chi connectivity index (χ1n) is 7.99. The van der Waals surface area contributed by atoms with E-state index in [4.69, 9.17) is 16.3 Å². The average molecular weight is 432 g/mol. The summed E-state index contributed by atoms with van der Waals surface area (Å²) in [7, 11) is 1.69. The van der Waals surface area contributed by atoms with E-state index in [2.05, 4.69) is 10.2 Å². The van der Waals surface area contributed by atoms with Gasteiger partial charge in [-0.05, 0) is 30.3 Å². The van der Waals surface area contributed by atoms with E-state index in [1.165, 1.54) is 36.0 Å². The Morgan fingerprint density at radius 3 is 2.61 bits per heavy atom. The fraction of sp³-hybridized carbons (Fsp3) is 0.222. The summed E-state index contributed by atoms with van der Waals surface area (Å²) in [6.45, 7) is -0.0637. The molecule has 1 aromatic heterocycles. The number of hydrogen-bond acceptors (Lipinski definition) is 4. The second kappa shape index (κ2) is 8.40. The first kappa shape index (κ1) is 20.5. The van der Waals surface area contributed by atoms with Crippen molar-refractivity contribution in [2.75, 3.05) is 0 Å². The molecule has 2 aromatic carbocycles. The zero-order valence-corrected chi connectivity index (χ0v) is 16.1. The predicted molar refractivity (Wildman–Crippen MR) is 97.8 cm³/mol. The molecule has 0 aliphatic heterocycles. The van der Waals surface area contributed by atoms with E-state index in [9.17, 15) is 17.6 Å². The van der Waals surface area contributed by atoms with Gasteiger partial charge in [0.2, 0.25) is 0 Å². The maximum atomic E-state index is 13.8. The number of benzene rings is 2. The van der Waals surface area contributed by atoms with Crippen molar-refractivity contribution in [3.8, 4) is 5.75 Å². The summed E-state index contributed by atoms with van der Waals surface area (Å²) in [5, 5.41) is 8.81. The van der Waals surface area contributed by atoms with Crippen LogP contribution in [-0.4, -0.2) is 14.8 Å². The number of thioether (sulfide) groups is 1. The van der Waals surface area contributed by atoms with Crippen LogP contribution in [0.25, 0.3) is 0 Å². The van der Waals surface area contributed by atoms with E-state index >= 15 is 0 Å². The van der Waals surface area contributed by atoms with Crippen LogP contribution < -0.4 is 4.74 Å². The molecule has 10 heteroatoms. The van der Waals surface area contributed by atoms with Crippen LogP contribution >= 0.6 is 23.4 Å². The van der Waals surface area contributed by atoms with Gasteiger partial charge in [-0.1, -0.05) is 35.5 Å². The molecule has 4 nitrogen and oxygen atoms in total. The molecule has 28 heavy (non-hydrogen) atoms. The topological polar surface area (TPSA) is 39.9 Å². The van der Waals surface area contributed by atoms with Crippen LogP contribution in [0.3, 0.4) is 0 Å². The Kier molecular flexibility index (Phi) is 6.14. The van der Waals surface area contributed by atoms with Crippen molar-refractivity contribution in [3.63, 3.8) is 0 Å². The lowest BCUT2D eigenvalue weighted by atomic mass is 10.2. The quantitative estimate of drug-likeness (QED) is 0.382. The molecular formula is C18H14ClF4N3OS. The lowest BCUT2D eigenvalue weighted by molar-refractivity contribution is -0.137. The van der Waals surface area contributed by atoms with Crippen LogP contribution in [0.15, 0.2) is 47.6 Å². The fourth-order valence-electron chi connectivity index (χ4n) is 2.31. The largest absolute Gasteiger partial charge is 0.486 e. The predicted octanol–water partition coefficient (Wildman–Crippen LogP) is 5.50. The Morgan fingerprint density at radius 2 is 1.89 bits per heavy atom. The SMILES string of the molecule is Cn1c(COc2cccc(C(F)(F)F)c2)nnc1SCc1c(F)cccc1Cl. The Bertz CT molecular complexity index is 957. The summed E-state index contributed by atoms with van der Waals surface area (Å²) in [4.78, 5) is 0. The number of rotatable bonds is 6. The Labute approximate surface area is 167 Å². The number of nitrogens with zero attached hydrogens (tertiary/aromatic N) is 3. The summed E-state index contributed by atoms with van der Waals surface area (Å²) in [5.74, 6) is 0.339. The molecule has 0 N–H and O–H groups in total. The van der Waals surface area contributed by atoms with Gasteiger partial charge in [0.25, 0.3) is 0 Å². The Morgan fingerprint density at radius 1 is 1.14 bits per heavy atom. The van der Waals surface area contributed by atoms with E-state index in [-0.39, 0.29) is 18.1 Å². The van der Waals surface area contributed by atoms with E-state index in [0.29, 0.717) is 21.6 Å². The van der Waals surface area contributed by atoms with Crippen LogP contribution in [0, 0.1) is 5.82 Å². The lowest BCUT2D eigenvalue weighted by Gasteiger charge is -2.10. The smallest absolute Gasteiger partial charge is 0.416 e. The first-order valence-corrected chi connectivity index (χ1v) is 9.36. The van der Waals surface area contributed by atoms with Crippen molar-refractivity contribution < 1.29 is 22.3 Å². The minimum atomic E-state index is -4.44. The van der Waals surface area contributed by atoms with E-state index in [1.807, 2.05) is 0 Å². The molecule has 0 fully saturated rings. The van der Waals surface area contributed by atoms with Gasteiger partial charge in [0, 0.05) is 23.4 Å². The molecule has 148 valence electrons. The van der Waals surface area contributed by atoms with Crippen molar-refractivity contribution in [3.05, 3.63) is 70.3 Å². The van der Waals surface area contributed by atoms with Crippen LogP contribution in [0.5, 0.6) is 5.75 Å². The number of halogens is 5. The zero-order chi connectivity index (χ0) is 20.3. The van der Waals surface area contributed by atoms with E-state index in [1.54, 1.807) is 17.7 Å². The third-order valence-electron chi connectivity index (χ3n) is 3.86. The minimum absolute atomic E-state index is 0.0637. The number of alkyl halides is 3. The lowest BCUT2D eigenvalue weighted by Crippen LogP contribution is -2.07. The maximum Gasteiger partial charge on any atom is 0.416 e. The van der Waals surface area contributed by atoms with Gasteiger partial charge in [-0.3, -0.25) is 0 Å². The molecule has 0 spiro atoms. The van der Waals surface area contributed by atoms with Crippen molar-refractivity contribution >= 4 is 23.4 Å². The summed E-state index contributed by atoms with van der Waals surface area (Å²) in [6, 6.07) is 9.05. The monoisotopic (exact) mass is 431 g/mol. The van der Waals surface area contributed by atoms with Gasteiger partial charge in [0.1, 0.15) is 18.2 Å². The van der Waals surface area contributed by atoms with Crippen molar-refractivity contribution in [1.82, 2.24) is 14.8 Å². The average Bonchev–Trinajstić information content (AvgIpc) is 2.99. The normalized spacial score (nSPS) is 11.6. The third kappa shape index (κ3) is 4.77. The van der Waals surface area contributed by atoms with Gasteiger partial charge >= 0.3 is 6.18 Å². The minimum Gasteiger partial charge on any atom is -0.486 e. The molecule has 0 saturated carbocycles. The van der Waals surface area contributed by atoms with E-state index in [0.717, 1.165) is 12.1 Å². The summed E-state index contributed by atoms with van der Waals surface area (Å²) in [5.41, 5.74) is -0.431. The van der Waals surface area contributed by atoms with Gasteiger partial charge in [0.05, 0.1) is 5.56 Å². The van der Waals surface area contributed by atoms with Crippen LogP contribution in [-0.2, 0) is 25.6 Å². The Hall–Kier alpha value is -2.26. The molecule has 0 aliphatic carbocycles. The molecule has 0 amide bonds. The summed E-state index contributed by atoms with van der Waals surface area (Å²) < 4.78 is 59.2. The standard InChI is InChI=1S/C18H14ClF4N3OS/c1-26-16(9-27-12-5-2-4-11(8-12)18(21,22)23)24-25-17(26)28-10-13-14(19)6-3-7-15(13)20/h2-8H,9-10H2,1H3. The van der Waals surface area contributed by atoms with Crippen LogP contribution in [0.4, 0.5) is 17.6 Å². The molecular weight excluding hydrogens is 418 g/mol. The van der Waals surface area contributed by atoms with Gasteiger partial charge < -0.3 is 9.30 Å². The fourth-order valence-corrected chi connectivity index (χ4v) is 3.59. The molecule has 0 atom stereocenters. The van der Waals surface area contributed by atoms with Gasteiger partial charge in [0.15, 0.2) is 11.0 Å². The highest BCUT2D eigenvalue weighted by Crippen LogP contribution is 2.31. The van der Waals surface area contributed by atoms with Crippen molar-refractivity contribution in [1.29, 1.82) is 0 Å². The number of hydrogen-bond donors (Lipinski definition) is 0. The summed E-state index contributed by atoms with van der Waals surface area (Å²) in [6.07, 6.45) is -4.44. The molecule has 0 aliphatic rings.